The highest BCUT2D eigenvalue weighted by Crippen LogP contribution is 2.41. The van der Waals surface area contributed by atoms with Gasteiger partial charge in [0, 0.05) is 0 Å². The number of rotatable bonds is 4. The highest BCUT2D eigenvalue weighted by atomic mass is 32.2. The summed E-state index contributed by atoms with van der Waals surface area (Å²) >= 11 is 1.71. The lowest BCUT2D eigenvalue weighted by Gasteiger charge is -2.28. The van der Waals surface area contributed by atoms with Crippen LogP contribution in [-0.2, 0) is 4.79 Å². The number of nitrogens with zero attached hydrogens (tertiary/aromatic N) is 1. The normalized spacial score (nSPS) is 24.4. The van der Waals surface area contributed by atoms with Crippen molar-refractivity contribution in [1.29, 1.82) is 0 Å². The average Bonchev–Trinajstić information content (AvgIpc) is 3.01. The van der Waals surface area contributed by atoms with Crippen molar-refractivity contribution in [2.75, 3.05) is 58.2 Å². The molecule has 130 valence electrons. The van der Waals surface area contributed by atoms with Gasteiger partial charge in [-0.25, -0.2) is 0 Å². The Balaban J connectivity index is 1.45. The molecule has 6 nitrogen and oxygen atoms in total. The summed E-state index contributed by atoms with van der Waals surface area (Å²) in [7, 11) is 0. The summed E-state index contributed by atoms with van der Waals surface area (Å²) in [6, 6.07) is 6.08. The molecule has 3 N–H and O–H groups in total. The Morgan fingerprint density at radius 1 is 1.21 bits per heavy atom. The number of nitrogens with one attached hydrogen (secondary N) is 1. The zero-order valence-electron chi connectivity index (χ0n) is 13.8. The molecule has 7 heteroatoms. The Labute approximate surface area is 146 Å². The number of nitrogens with two attached hydrogens (primary N) is 1. The summed E-state index contributed by atoms with van der Waals surface area (Å²) in [6.07, 6.45) is 0. The summed E-state index contributed by atoms with van der Waals surface area (Å²) in [4.78, 5) is 16.0. The van der Waals surface area contributed by atoms with E-state index in [1.807, 2.05) is 17.0 Å². The molecule has 3 heterocycles. The van der Waals surface area contributed by atoms with Gasteiger partial charge >= 0.3 is 0 Å². The summed E-state index contributed by atoms with van der Waals surface area (Å²) < 4.78 is 11.3. The number of hydrogen-bond donors (Lipinski definition) is 2. The SMILES string of the molecule is O=C1CS[C@@H](c2ccc3c(c2)OCCO3)N1CC[NH+]1CC[NH2+]CC1. The van der Waals surface area contributed by atoms with Crippen molar-refractivity contribution in [1.82, 2.24) is 4.90 Å². The molecule has 1 aromatic rings. The molecule has 3 aliphatic rings. The highest BCUT2D eigenvalue weighted by Gasteiger charge is 2.34. The Kier molecular flexibility index (Phi) is 4.82. The van der Waals surface area contributed by atoms with Crippen LogP contribution in [-0.4, -0.2) is 69.0 Å². The van der Waals surface area contributed by atoms with Crippen molar-refractivity contribution in [3.63, 3.8) is 0 Å². The molecule has 3 aliphatic heterocycles. The molecule has 4 rings (SSSR count). The topological polar surface area (TPSA) is 59.8 Å². The second kappa shape index (κ2) is 7.21. The number of piperazine rings is 1. The Hall–Kier alpha value is -1.44. The largest absolute Gasteiger partial charge is 0.486 e. The van der Waals surface area contributed by atoms with Crippen molar-refractivity contribution >= 4 is 17.7 Å². The van der Waals surface area contributed by atoms with Crippen LogP contribution in [0.1, 0.15) is 10.9 Å². The first-order valence-electron chi connectivity index (χ1n) is 8.77. The summed E-state index contributed by atoms with van der Waals surface area (Å²) in [5.74, 6) is 2.43. The number of ether oxygens (including phenoxy) is 2. The molecule has 1 atom stereocenters. The van der Waals surface area contributed by atoms with E-state index in [0.717, 1.165) is 30.2 Å². The van der Waals surface area contributed by atoms with Crippen LogP contribution in [0.4, 0.5) is 0 Å². The minimum absolute atomic E-state index is 0.101. The van der Waals surface area contributed by atoms with Crippen molar-refractivity contribution in [2.24, 2.45) is 0 Å². The average molecular weight is 351 g/mol. The van der Waals surface area contributed by atoms with Gasteiger partial charge in [0.15, 0.2) is 11.5 Å². The number of thioether (sulfide) groups is 1. The van der Waals surface area contributed by atoms with E-state index in [2.05, 4.69) is 11.4 Å². The van der Waals surface area contributed by atoms with Gasteiger partial charge in [-0.05, 0) is 17.7 Å². The molecular formula is C17H25N3O3S+2. The molecule has 1 amide bonds. The second-order valence-corrected chi connectivity index (χ2v) is 7.59. The van der Waals surface area contributed by atoms with Gasteiger partial charge in [0.1, 0.15) is 44.8 Å². The monoisotopic (exact) mass is 351 g/mol. The van der Waals surface area contributed by atoms with E-state index in [0.29, 0.717) is 19.0 Å². The molecule has 0 bridgehead atoms. The summed E-state index contributed by atoms with van der Waals surface area (Å²) in [5, 5.41) is 2.47. The maximum atomic E-state index is 12.4. The van der Waals surface area contributed by atoms with E-state index in [4.69, 9.17) is 9.47 Å². The smallest absolute Gasteiger partial charge is 0.234 e. The van der Waals surface area contributed by atoms with Gasteiger partial charge in [0.2, 0.25) is 5.91 Å². The van der Waals surface area contributed by atoms with E-state index in [1.54, 1.807) is 16.7 Å². The van der Waals surface area contributed by atoms with Crippen molar-refractivity contribution in [3.05, 3.63) is 23.8 Å². The van der Waals surface area contributed by atoms with Crippen LogP contribution < -0.4 is 19.7 Å². The maximum Gasteiger partial charge on any atom is 0.234 e. The number of carbonyl (C=O) groups is 1. The first kappa shape index (κ1) is 16.1. The van der Waals surface area contributed by atoms with Gasteiger partial charge in [-0.15, -0.1) is 11.8 Å². The van der Waals surface area contributed by atoms with Gasteiger partial charge in [0.05, 0.1) is 18.8 Å². The lowest BCUT2D eigenvalue weighted by atomic mass is 10.1. The quantitative estimate of drug-likeness (QED) is 0.693. The Morgan fingerprint density at radius 2 is 2.00 bits per heavy atom. The lowest BCUT2D eigenvalue weighted by molar-refractivity contribution is -0.946. The number of amides is 1. The fraction of sp³-hybridized carbons (Fsp3) is 0.588. The zero-order chi connectivity index (χ0) is 16.4. The van der Waals surface area contributed by atoms with Crippen LogP contribution in [0.25, 0.3) is 0 Å². The maximum absolute atomic E-state index is 12.4. The first-order chi connectivity index (χ1) is 11.8. The van der Waals surface area contributed by atoms with Gasteiger partial charge < -0.3 is 24.6 Å². The van der Waals surface area contributed by atoms with Crippen LogP contribution in [0.5, 0.6) is 11.5 Å². The molecule has 1 aromatic carbocycles. The highest BCUT2D eigenvalue weighted by molar-refractivity contribution is 8.00. The van der Waals surface area contributed by atoms with Crippen LogP contribution in [0, 0.1) is 0 Å². The Bertz CT molecular complexity index is 607. The molecule has 24 heavy (non-hydrogen) atoms. The van der Waals surface area contributed by atoms with Gasteiger partial charge in [0.25, 0.3) is 0 Å². The van der Waals surface area contributed by atoms with Gasteiger partial charge in [-0.1, -0.05) is 6.07 Å². The third-order valence-electron chi connectivity index (χ3n) is 4.93. The second-order valence-electron chi connectivity index (χ2n) is 6.52. The van der Waals surface area contributed by atoms with Gasteiger partial charge in [-0.2, -0.15) is 0 Å². The van der Waals surface area contributed by atoms with Crippen LogP contribution in [0.2, 0.25) is 0 Å². The zero-order valence-corrected chi connectivity index (χ0v) is 14.6. The molecule has 2 fully saturated rings. The van der Waals surface area contributed by atoms with E-state index in [1.165, 1.54) is 26.2 Å². The van der Waals surface area contributed by atoms with Crippen molar-refractivity contribution < 1.29 is 24.5 Å². The minimum atomic E-state index is 0.101. The predicted molar refractivity (Wildman–Crippen MR) is 91.6 cm³/mol. The van der Waals surface area contributed by atoms with E-state index < -0.39 is 0 Å². The van der Waals surface area contributed by atoms with Crippen LogP contribution >= 0.6 is 11.8 Å². The molecule has 0 saturated carbocycles. The number of carbonyl (C=O) groups excluding carboxylic acids is 1. The predicted octanol–water partition coefficient (Wildman–Crippen LogP) is -1.51. The van der Waals surface area contributed by atoms with E-state index in [9.17, 15) is 4.79 Å². The first-order valence-corrected chi connectivity index (χ1v) is 9.82. The molecule has 0 aromatic heterocycles. The fourth-order valence-electron chi connectivity index (χ4n) is 3.60. The molecular weight excluding hydrogens is 326 g/mol. The number of hydrogen-bond acceptors (Lipinski definition) is 4. The van der Waals surface area contributed by atoms with Crippen molar-refractivity contribution in [2.45, 2.75) is 5.37 Å². The fourth-order valence-corrected chi connectivity index (χ4v) is 4.80. The molecule has 0 radical (unpaired) electrons. The number of quaternary nitrogens is 2. The third kappa shape index (κ3) is 3.34. The molecule has 0 aliphatic carbocycles. The lowest BCUT2D eigenvalue weighted by Crippen LogP contribution is -3.20. The van der Waals surface area contributed by atoms with Crippen LogP contribution in [0.15, 0.2) is 18.2 Å². The van der Waals surface area contributed by atoms with Crippen LogP contribution in [0.3, 0.4) is 0 Å². The summed E-state index contributed by atoms with van der Waals surface area (Å²) in [5.41, 5.74) is 1.14. The minimum Gasteiger partial charge on any atom is -0.486 e. The third-order valence-corrected chi connectivity index (χ3v) is 6.19. The van der Waals surface area contributed by atoms with Gasteiger partial charge in [-0.3, -0.25) is 4.79 Å². The number of benzene rings is 1. The molecule has 0 unspecified atom stereocenters. The van der Waals surface area contributed by atoms with E-state index >= 15 is 0 Å². The van der Waals surface area contributed by atoms with Crippen molar-refractivity contribution in [3.8, 4) is 11.5 Å². The molecule has 2 saturated heterocycles. The Morgan fingerprint density at radius 3 is 2.83 bits per heavy atom. The summed E-state index contributed by atoms with van der Waals surface area (Å²) in [6.45, 7) is 7.86. The van der Waals surface area contributed by atoms with E-state index in [-0.39, 0.29) is 11.3 Å². The molecule has 0 spiro atoms. The standard InChI is InChI=1S/C17H23N3O3S/c21-16-12-24-17(20(16)8-7-19-5-3-18-4-6-19)13-1-2-14-15(11-13)23-10-9-22-14/h1-2,11,17-18H,3-10,12H2/p+2/t17-/m0/s1. The number of fused-ring (bicyclic) bond motifs is 1.